The van der Waals surface area contributed by atoms with Crippen LogP contribution in [0.3, 0.4) is 0 Å². The highest BCUT2D eigenvalue weighted by Crippen LogP contribution is 2.29. The monoisotopic (exact) mass is 577 g/mol. The Balaban J connectivity index is 1.66. The first-order valence-electron chi connectivity index (χ1n) is 12.1. The lowest BCUT2D eigenvalue weighted by Crippen LogP contribution is -2.29. The van der Waals surface area contributed by atoms with E-state index in [4.69, 9.17) is 14.5 Å². The highest BCUT2D eigenvalue weighted by Gasteiger charge is 2.23. The normalized spacial score (nSPS) is 11.7. The summed E-state index contributed by atoms with van der Waals surface area (Å²) >= 11 is 3.43. The van der Waals surface area contributed by atoms with Gasteiger partial charge >= 0.3 is 5.97 Å². The average molecular weight is 578 g/mol. The first-order valence-corrected chi connectivity index (χ1v) is 12.8. The third-order valence-corrected chi connectivity index (χ3v) is 6.13. The van der Waals surface area contributed by atoms with Crippen LogP contribution in [0.2, 0.25) is 0 Å². The molecule has 0 aliphatic rings. The van der Waals surface area contributed by atoms with Gasteiger partial charge < -0.3 is 14.6 Å². The quantitative estimate of drug-likeness (QED) is 0.257. The molecule has 0 aliphatic carbocycles. The second kappa shape index (κ2) is 11.2. The van der Waals surface area contributed by atoms with Gasteiger partial charge in [0.2, 0.25) is 0 Å². The van der Waals surface area contributed by atoms with Crippen LogP contribution in [-0.4, -0.2) is 33.6 Å². The molecule has 0 fully saturated rings. The number of ether oxygens (including phenoxy) is 2. The number of carbonyl (C=O) groups is 1. The summed E-state index contributed by atoms with van der Waals surface area (Å²) in [5.74, 6) is 0.569. The topological polar surface area (TPSA) is 103 Å². The van der Waals surface area contributed by atoms with Crippen molar-refractivity contribution >= 4 is 39.0 Å². The Kier molecular flexibility index (Phi) is 7.97. The van der Waals surface area contributed by atoms with E-state index in [9.17, 15) is 14.7 Å². The van der Waals surface area contributed by atoms with Crippen LogP contribution in [0.25, 0.3) is 10.9 Å². The molecule has 4 rings (SSSR count). The summed E-state index contributed by atoms with van der Waals surface area (Å²) in [4.78, 5) is 29.4. The number of aromatic nitrogens is 2. The smallest absolute Gasteiger partial charge is 0.335 e. The number of nitrogens with zero attached hydrogens (tertiary/aromatic N) is 3. The highest BCUT2D eigenvalue weighted by molar-refractivity contribution is 9.10. The lowest BCUT2D eigenvalue weighted by molar-refractivity contribution is 0.0696. The van der Waals surface area contributed by atoms with Crippen LogP contribution in [0, 0.1) is 0 Å². The minimum absolute atomic E-state index is 0.178. The molecule has 0 amide bonds. The van der Waals surface area contributed by atoms with Gasteiger partial charge in [0.15, 0.2) is 11.5 Å². The number of hydrogen-bond acceptors (Lipinski definition) is 6. The van der Waals surface area contributed by atoms with Gasteiger partial charge in [-0.2, -0.15) is 9.78 Å². The summed E-state index contributed by atoms with van der Waals surface area (Å²) in [6.07, 6.45) is 1.59. The zero-order valence-corrected chi connectivity index (χ0v) is 23.2. The van der Waals surface area contributed by atoms with Crippen molar-refractivity contribution < 1.29 is 19.4 Å². The maximum absolute atomic E-state index is 13.4. The highest BCUT2D eigenvalue weighted by atomic mass is 79.9. The Labute approximate surface area is 228 Å². The third kappa shape index (κ3) is 6.11. The molecule has 0 saturated heterocycles. The molecule has 0 radical (unpaired) electrons. The summed E-state index contributed by atoms with van der Waals surface area (Å²) in [6.45, 7) is 8.42. The second-order valence-corrected chi connectivity index (χ2v) is 10.6. The van der Waals surface area contributed by atoms with Crippen molar-refractivity contribution in [1.29, 1.82) is 0 Å². The maximum atomic E-state index is 13.4. The van der Waals surface area contributed by atoms with Gasteiger partial charge in [-0.15, -0.1) is 0 Å². The van der Waals surface area contributed by atoms with E-state index < -0.39 is 11.4 Å². The number of rotatable bonds is 8. The van der Waals surface area contributed by atoms with Crippen LogP contribution in [0.5, 0.6) is 11.5 Å². The Bertz CT molecular complexity index is 1590. The Morgan fingerprint density at radius 2 is 1.87 bits per heavy atom. The molecular formula is C29H28BrN3O5. The van der Waals surface area contributed by atoms with Gasteiger partial charge in [-0.3, -0.25) is 4.79 Å². The number of hydrogen-bond donors (Lipinski definition) is 1. The standard InChI is InChI=1S/C29H28BrN3O5/c1-5-37-25-14-18(9-12-24(25)38-17-19-7-6-8-20(13-19)27(35)36)16-31-33-26(34)22-15-21(30)10-11-23(22)32-28(33)29(2,3)4/h6-16H,5,17H2,1-4H3,(H,35,36). The Hall–Kier alpha value is -3.98. The predicted molar refractivity (Wildman–Crippen MR) is 151 cm³/mol. The lowest BCUT2D eigenvalue weighted by atomic mass is 9.95. The number of carboxylic acid groups (broad SMARTS) is 1. The van der Waals surface area contributed by atoms with Crippen LogP contribution in [-0.2, 0) is 12.0 Å². The van der Waals surface area contributed by atoms with Crippen LogP contribution >= 0.6 is 15.9 Å². The molecule has 0 bridgehead atoms. The molecule has 196 valence electrons. The van der Waals surface area contributed by atoms with E-state index in [2.05, 4.69) is 21.0 Å². The fourth-order valence-electron chi connectivity index (χ4n) is 3.81. The fraction of sp³-hybridized carbons (Fsp3) is 0.241. The molecule has 0 saturated carbocycles. The molecule has 0 unspecified atom stereocenters. The Morgan fingerprint density at radius 1 is 1.08 bits per heavy atom. The van der Waals surface area contributed by atoms with E-state index in [1.165, 1.54) is 10.7 Å². The molecule has 8 nitrogen and oxygen atoms in total. The molecule has 0 spiro atoms. The van der Waals surface area contributed by atoms with Gasteiger partial charge in [-0.1, -0.05) is 48.8 Å². The van der Waals surface area contributed by atoms with E-state index in [1.54, 1.807) is 42.6 Å². The zero-order chi connectivity index (χ0) is 27.4. The third-order valence-electron chi connectivity index (χ3n) is 5.64. The SMILES string of the molecule is CCOc1cc(C=Nn2c(C(C)(C)C)nc3ccc(Br)cc3c2=O)ccc1OCc1cccc(C(=O)O)c1. The Morgan fingerprint density at radius 3 is 2.58 bits per heavy atom. The lowest BCUT2D eigenvalue weighted by Gasteiger charge is -2.21. The van der Waals surface area contributed by atoms with Crippen molar-refractivity contribution in [1.82, 2.24) is 9.66 Å². The summed E-state index contributed by atoms with van der Waals surface area (Å²) < 4.78 is 13.9. The first-order chi connectivity index (χ1) is 18.1. The van der Waals surface area contributed by atoms with Crippen LogP contribution in [0.4, 0.5) is 0 Å². The van der Waals surface area contributed by atoms with Gasteiger partial charge in [0.05, 0.1) is 29.3 Å². The van der Waals surface area contributed by atoms with Crippen molar-refractivity contribution in [3.05, 3.63) is 98.0 Å². The minimum Gasteiger partial charge on any atom is -0.490 e. The van der Waals surface area contributed by atoms with Crippen LogP contribution < -0.4 is 15.0 Å². The number of benzene rings is 3. The van der Waals surface area contributed by atoms with Crippen molar-refractivity contribution in [3.8, 4) is 11.5 Å². The summed E-state index contributed by atoms with van der Waals surface area (Å²) in [5, 5.41) is 14.2. The minimum atomic E-state index is -0.992. The van der Waals surface area contributed by atoms with Gasteiger partial charge in [0, 0.05) is 9.89 Å². The predicted octanol–water partition coefficient (Wildman–Crippen LogP) is 6.01. The van der Waals surface area contributed by atoms with Crippen molar-refractivity contribution in [3.63, 3.8) is 0 Å². The summed E-state index contributed by atoms with van der Waals surface area (Å²) in [5.41, 5.74) is 1.55. The molecular weight excluding hydrogens is 550 g/mol. The van der Waals surface area contributed by atoms with Gasteiger partial charge in [-0.05, 0) is 66.6 Å². The second-order valence-electron chi connectivity index (χ2n) is 9.64. The van der Waals surface area contributed by atoms with Crippen LogP contribution in [0.1, 0.15) is 55.0 Å². The average Bonchev–Trinajstić information content (AvgIpc) is 2.87. The zero-order valence-electron chi connectivity index (χ0n) is 21.6. The van der Waals surface area contributed by atoms with E-state index in [1.807, 2.05) is 45.9 Å². The molecule has 0 aliphatic heterocycles. The maximum Gasteiger partial charge on any atom is 0.335 e. The van der Waals surface area contributed by atoms with Gasteiger partial charge in [0.25, 0.3) is 5.56 Å². The molecule has 3 aromatic carbocycles. The van der Waals surface area contributed by atoms with Gasteiger partial charge in [-0.25, -0.2) is 9.78 Å². The molecule has 1 N–H and O–H groups in total. The number of halogens is 1. The molecule has 1 aromatic heterocycles. The van der Waals surface area contributed by atoms with Crippen molar-refractivity contribution in [2.45, 2.75) is 39.7 Å². The number of fused-ring (bicyclic) bond motifs is 1. The fourth-order valence-corrected chi connectivity index (χ4v) is 4.17. The summed E-state index contributed by atoms with van der Waals surface area (Å²) in [7, 11) is 0. The largest absolute Gasteiger partial charge is 0.490 e. The molecule has 38 heavy (non-hydrogen) atoms. The van der Waals surface area contributed by atoms with Crippen LogP contribution in [0.15, 0.2) is 75.0 Å². The van der Waals surface area contributed by atoms with E-state index in [0.29, 0.717) is 40.4 Å². The molecule has 1 heterocycles. The number of aromatic carboxylic acids is 1. The van der Waals surface area contributed by atoms with E-state index in [0.717, 1.165) is 10.0 Å². The molecule has 9 heteroatoms. The first kappa shape index (κ1) is 27.1. The number of carboxylic acids is 1. The van der Waals surface area contributed by atoms with Crippen molar-refractivity contribution in [2.75, 3.05) is 6.61 Å². The molecule has 4 aromatic rings. The van der Waals surface area contributed by atoms with Gasteiger partial charge in [0.1, 0.15) is 12.4 Å². The summed E-state index contributed by atoms with van der Waals surface area (Å²) in [6, 6.07) is 17.4. The van der Waals surface area contributed by atoms with Crippen molar-refractivity contribution in [2.24, 2.45) is 5.10 Å². The van der Waals surface area contributed by atoms with E-state index >= 15 is 0 Å². The van der Waals surface area contributed by atoms with E-state index in [-0.39, 0.29) is 17.7 Å². The molecule has 0 atom stereocenters.